The molecule has 9 nitrogen and oxygen atoms in total. The van der Waals surface area contributed by atoms with Crippen molar-refractivity contribution in [3.05, 3.63) is 84.4 Å². The molecule has 0 heterocycles. The summed E-state index contributed by atoms with van der Waals surface area (Å²) in [6.07, 6.45) is 3.92. The van der Waals surface area contributed by atoms with Crippen molar-refractivity contribution in [3.63, 3.8) is 0 Å². The van der Waals surface area contributed by atoms with Crippen molar-refractivity contribution in [2.24, 2.45) is 0 Å². The Hall–Kier alpha value is -4.05. The topological polar surface area (TPSA) is 105 Å². The molecule has 3 aromatic rings. The van der Waals surface area contributed by atoms with E-state index >= 15 is 0 Å². The first-order valence-electron chi connectivity index (χ1n) is 14.3. The van der Waals surface area contributed by atoms with Gasteiger partial charge in [-0.3, -0.25) is 13.9 Å². The molecule has 224 valence electrons. The minimum absolute atomic E-state index is 0.0538. The van der Waals surface area contributed by atoms with Gasteiger partial charge in [-0.15, -0.1) is 0 Å². The number of nitrogens with zero attached hydrogens (tertiary/aromatic N) is 2. The standard InChI is InChI=1S/C32H39N3O6S/c1-4-41-28-19-17-27(18-20-28)35(42(38,39)30-15-6-5-7-16-30)23-31(36)34(22-25-11-10-14-29(21-25)40-3)24(2)32(37)33-26-12-8-9-13-26/h5-7,10-11,14-21,24,26H,4,8-9,12-13,22-23H2,1-3H3,(H,33,37)/t24-/m0/s1. The molecule has 0 unspecified atom stereocenters. The first-order chi connectivity index (χ1) is 20.2. The van der Waals surface area contributed by atoms with E-state index in [1.54, 1.807) is 68.6 Å². The highest BCUT2D eigenvalue weighted by atomic mass is 32.2. The predicted molar refractivity (Wildman–Crippen MR) is 162 cm³/mol. The fraction of sp³-hybridized carbons (Fsp3) is 0.375. The zero-order valence-corrected chi connectivity index (χ0v) is 25.2. The second-order valence-corrected chi connectivity index (χ2v) is 12.2. The molecule has 1 atom stereocenters. The molecule has 42 heavy (non-hydrogen) atoms. The maximum atomic E-state index is 14.1. The van der Waals surface area contributed by atoms with Gasteiger partial charge in [0.1, 0.15) is 24.1 Å². The van der Waals surface area contributed by atoms with Crippen LogP contribution in [-0.2, 0) is 26.2 Å². The fourth-order valence-electron chi connectivity index (χ4n) is 5.07. The van der Waals surface area contributed by atoms with Crippen LogP contribution in [-0.4, -0.2) is 57.5 Å². The molecule has 10 heteroatoms. The summed E-state index contributed by atoms with van der Waals surface area (Å²) in [7, 11) is -2.57. The smallest absolute Gasteiger partial charge is 0.264 e. The van der Waals surface area contributed by atoms with Crippen molar-refractivity contribution in [2.75, 3.05) is 24.6 Å². The van der Waals surface area contributed by atoms with Gasteiger partial charge >= 0.3 is 0 Å². The zero-order chi connectivity index (χ0) is 30.1. The molecule has 0 saturated heterocycles. The van der Waals surface area contributed by atoms with E-state index in [0.717, 1.165) is 35.6 Å². The third kappa shape index (κ3) is 7.61. The number of rotatable bonds is 13. The highest BCUT2D eigenvalue weighted by Gasteiger charge is 2.33. The third-order valence-corrected chi connectivity index (χ3v) is 9.19. The van der Waals surface area contributed by atoms with E-state index in [1.165, 1.54) is 17.0 Å². The Kier molecular flexibility index (Phi) is 10.5. The van der Waals surface area contributed by atoms with E-state index in [2.05, 4.69) is 5.32 Å². The molecule has 0 spiro atoms. The van der Waals surface area contributed by atoms with E-state index in [1.807, 2.05) is 19.1 Å². The van der Waals surface area contributed by atoms with Gasteiger partial charge in [-0.05, 0) is 80.8 Å². The minimum Gasteiger partial charge on any atom is -0.497 e. The number of nitrogens with one attached hydrogen (secondary N) is 1. The zero-order valence-electron chi connectivity index (χ0n) is 24.4. The second-order valence-electron chi connectivity index (χ2n) is 10.3. The van der Waals surface area contributed by atoms with Crippen molar-refractivity contribution in [1.82, 2.24) is 10.2 Å². The van der Waals surface area contributed by atoms with Gasteiger partial charge in [0.15, 0.2) is 0 Å². The normalized spacial score (nSPS) is 14.2. The summed E-state index contributed by atoms with van der Waals surface area (Å²) in [5.74, 6) is 0.420. The van der Waals surface area contributed by atoms with E-state index in [4.69, 9.17) is 9.47 Å². The highest BCUT2D eigenvalue weighted by molar-refractivity contribution is 7.92. The van der Waals surface area contributed by atoms with E-state index in [0.29, 0.717) is 23.8 Å². The maximum Gasteiger partial charge on any atom is 0.264 e. The number of ether oxygens (including phenoxy) is 2. The molecular weight excluding hydrogens is 554 g/mol. The summed E-state index contributed by atoms with van der Waals surface area (Å²) in [6, 6.07) is 21.0. The van der Waals surface area contributed by atoms with E-state index < -0.39 is 28.5 Å². The van der Waals surface area contributed by atoms with Crippen LogP contribution in [0.1, 0.15) is 45.1 Å². The van der Waals surface area contributed by atoms with Crippen molar-refractivity contribution in [3.8, 4) is 11.5 Å². The lowest BCUT2D eigenvalue weighted by Gasteiger charge is -2.32. The molecule has 0 aliphatic heterocycles. The molecule has 0 aromatic heterocycles. The van der Waals surface area contributed by atoms with Crippen molar-refractivity contribution >= 4 is 27.5 Å². The number of carbonyl (C=O) groups excluding carboxylic acids is 2. The number of carbonyl (C=O) groups is 2. The van der Waals surface area contributed by atoms with Gasteiger partial charge in [0.05, 0.1) is 24.3 Å². The van der Waals surface area contributed by atoms with Crippen molar-refractivity contribution < 1.29 is 27.5 Å². The second kappa shape index (κ2) is 14.2. The number of hydrogen-bond donors (Lipinski definition) is 1. The summed E-state index contributed by atoms with van der Waals surface area (Å²) in [6.45, 7) is 3.59. The molecule has 0 bridgehead atoms. The Morgan fingerprint density at radius 3 is 2.29 bits per heavy atom. The Balaban J connectivity index is 1.68. The van der Waals surface area contributed by atoms with Crippen LogP contribution in [0.15, 0.2) is 83.8 Å². The lowest BCUT2D eigenvalue weighted by atomic mass is 10.1. The number of sulfonamides is 1. The average molecular weight is 594 g/mol. The average Bonchev–Trinajstić information content (AvgIpc) is 3.52. The molecule has 4 rings (SSSR count). The first kappa shape index (κ1) is 30.9. The fourth-order valence-corrected chi connectivity index (χ4v) is 6.50. The van der Waals surface area contributed by atoms with Gasteiger partial charge in [0.2, 0.25) is 11.8 Å². The Morgan fingerprint density at radius 2 is 1.64 bits per heavy atom. The van der Waals surface area contributed by atoms with Crippen LogP contribution in [0.25, 0.3) is 0 Å². The third-order valence-electron chi connectivity index (χ3n) is 7.40. The summed E-state index contributed by atoms with van der Waals surface area (Å²) in [5.41, 5.74) is 1.06. The number of methoxy groups -OCH3 is 1. The Labute approximate surface area is 248 Å². The quantitative estimate of drug-likeness (QED) is 0.306. The molecule has 3 aromatic carbocycles. The minimum atomic E-state index is -4.13. The van der Waals surface area contributed by atoms with Gasteiger partial charge in [-0.25, -0.2) is 8.42 Å². The van der Waals surface area contributed by atoms with E-state index in [9.17, 15) is 18.0 Å². The van der Waals surface area contributed by atoms with Gasteiger partial charge in [0, 0.05) is 12.6 Å². The van der Waals surface area contributed by atoms with Gasteiger partial charge in [0.25, 0.3) is 10.0 Å². The summed E-state index contributed by atoms with van der Waals surface area (Å²) in [4.78, 5) is 28.9. The first-order valence-corrected chi connectivity index (χ1v) is 15.7. The SMILES string of the molecule is CCOc1ccc(N(CC(=O)N(Cc2cccc(OC)c2)[C@@H](C)C(=O)NC2CCCC2)S(=O)(=O)c2ccccc2)cc1. The molecule has 2 amide bonds. The molecule has 0 radical (unpaired) electrons. The lowest BCUT2D eigenvalue weighted by molar-refractivity contribution is -0.139. The molecule has 1 N–H and O–H groups in total. The Bertz CT molecular complexity index is 1440. The largest absolute Gasteiger partial charge is 0.497 e. The molecule has 1 saturated carbocycles. The summed E-state index contributed by atoms with van der Waals surface area (Å²) < 4.78 is 39.8. The number of hydrogen-bond acceptors (Lipinski definition) is 6. The van der Waals surface area contributed by atoms with Crippen LogP contribution in [0.3, 0.4) is 0 Å². The number of benzene rings is 3. The lowest BCUT2D eigenvalue weighted by Crippen LogP contribution is -2.52. The van der Waals surface area contributed by atoms with Crippen LogP contribution in [0.5, 0.6) is 11.5 Å². The highest BCUT2D eigenvalue weighted by Crippen LogP contribution is 2.27. The monoisotopic (exact) mass is 593 g/mol. The molecule has 1 aliphatic rings. The van der Waals surface area contributed by atoms with Crippen LogP contribution in [0.4, 0.5) is 5.69 Å². The van der Waals surface area contributed by atoms with Gasteiger partial charge < -0.3 is 19.7 Å². The van der Waals surface area contributed by atoms with Crippen LogP contribution >= 0.6 is 0 Å². The molecule has 1 aliphatic carbocycles. The number of amides is 2. The van der Waals surface area contributed by atoms with Crippen LogP contribution in [0, 0.1) is 0 Å². The summed E-state index contributed by atoms with van der Waals surface area (Å²) in [5, 5.41) is 3.08. The van der Waals surface area contributed by atoms with Crippen LogP contribution < -0.4 is 19.1 Å². The molecule has 1 fully saturated rings. The van der Waals surface area contributed by atoms with E-state index in [-0.39, 0.29) is 23.4 Å². The summed E-state index contributed by atoms with van der Waals surface area (Å²) >= 11 is 0. The number of anilines is 1. The van der Waals surface area contributed by atoms with Crippen molar-refractivity contribution in [2.45, 2.75) is 63.1 Å². The predicted octanol–water partition coefficient (Wildman–Crippen LogP) is 4.77. The van der Waals surface area contributed by atoms with Crippen molar-refractivity contribution in [1.29, 1.82) is 0 Å². The van der Waals surface area contributed by atoms with Crippen LogP contribution in [0.2, 0.25) is 0 Å². The van der Waals surface area contributed by atoms with Gasteiger partial charge in [-0.1, -0.05) is 43.2 Å². The van der Waals surface area contributed by atoms with Gasteiger partial charge in [-0.2, -0.15) is 0 Å². The Morgan fingerprint density at radius 1 is 0.952 bits per heavy atom. The maximum absolute atomic E-state index is 14.1. The molecular formula is C32H39N3O6S.